The standard InChI is InChI=1S/C20H29N3O2/c21-20(25)18-8-5-17(6-9-18)15-22-11-13-23(14-12-22)19(24)10-7-16-3-1-2-4-16/h5-6,8-9,16H,1-4,7,10-15H2,(H2,21,25). The fourth-order valence-electron chi connectivity index (χ4n) is 3.97. The number of piperazine rings is 1. The molecule has 2 N–H and O–H groups in total. The third kappa shape index (κ3) is 5.05. The van der Waals surface area contributed by atoms with Crippen molar-refractivity contribution in [3.05, 3.63) is 35.4 Å². The van der Waals surface area contributed by atoms with Crippen LogP contribution in [-0.2, 0) is 11.3 Å². The third-order valence-corrected chi connectivity index (χ3v) is 5.61. The molecule has 2 amide bonds. The van der Waals surface area contributed by atoms with E-state index in [2.05, 4.69) is 4.90 Å². The summed E-state index contributed by atoms with van der Waals surface area (Å²) < 4.78 is 0. The van der Waals surface area contributed by atoms with Crippen molar-refractivity contribution in [2.45, 2.75) is 45.1 Å². The Balaban J connectivity index is 1.40. The van der Waals surface area contributed by atoms with Crippen molar-refractivity contribution in [1.82, 2.24) is 9.80 Å². The molecule has 5 nitrogen and oxygen atoms in total. The van der Waals surface area contributed by atoms with Gasteiger partial charge in [-0.3, -0.25) is 14.5 Å². The minimum Gasteiger partial charge on any atom is -0.366 e. The van der Waals surface area contributed by atoms with E-state index in [0.29, 0.717) is 11.5 Å². The summed E-state index contributed by atoms with van der Waals surface area (Å²) in [6.45, 7) is 4.31. The molecular formula is C20H29N3O2. The van der Waals surface area contributed by atoms with Gasteiger partial charge in [-0.05, 0) is 30.0 Å². The first-order valence-corrected chi connectivity index (χ1v) is 9.50. The molecule has 1 aromatic carbocycles. The molecule has 0 radical (unpaired) electrons. The molecule has 2 fully saturated rings. The molecule has 1 saturated heterocycles. The second kappa shape index (κ2) is 8.48. The van der Waals surface area contributed by atoms with Crippen LogP contribution in [0.15, 0.2) is 24.3 Å². The van der Waals surface area contributed by atoms with Gasteiger partial charge in [0.25, 0.3) is 0 Å². The molecule has 2 aliphatic rings. The number of nitrogens with two attached hydrogens (primary N) is 1. The van der Waals surface area contributed by atoms with Crippen LogP contribution in [0.1, 0.15) is 54.4 Å². The van der Waals surface area contributed by atoms with Crippen LogP contribution in [0.25, 0.3) is 0 Å². The van der Waals surface area contributed by atoms with E-state index < -0.39 is 5.91 Å². The van der Waals surface area contributed by atoms with Gasteiger partial charge < -0.3 is 10.6 Å². The first-order valence-electron chi connectivity index (χ1n) is 9.50. The lowest BCUT2D eigenvalue weighted by atomic mass is 10.0. The van der Waals surface area contributed by atoms with Crippen molar-refractivity contribution in [2.75, 3.05) is 26.2 Å². The molecule has 1 heterocycles. The monoisotopic (exact) mass is 343 g/mol. The van der Waals surface area contributed by atoms with Crippen LogP contribution >= 0.6 is 0 Å². The minimum absolute atomic E-state index is 0.331. The van der Waals surface area contributed by atoms with Crippen molar-refractivity contribution < 1.29 is 9.59 Å². The molecule has 1 aliphatic carbocycles. The molecule has 3 rings (SSSR count). The highest BCUT2D eigenvalue weighted by molar-refractivity contribution is 5.92. The van der Waals surface area contributed by atoms with Crippen LogP contribution in [0.2, 0.25) is 0 Å². The van der Waals surface area contributed by atoms with Gasteiger partial charge in [0.15, 0.2) is 0 Å². The van der Waals surface area contributed by atoms with Gasteiger partial charge in [0, 0.05) is 44.7 Å². The summed E-state index contributed by atoms with van der Waals surface area (Å²) >= 11 is 0. The number of carbonyl (C=O) groups excluding carboxylic acids is 2. The number of rotatable bonds is 6. The zero-order valence-corrected chi connectivity index (χ0v) is 15.0. The van der Waals surface area contributed by atoms with Gasteiger partial charge in [0.05, 0.1) is 0 Å². The summed E-state index contributed by atoms with van der Waals surface area (Å²) in [6.07, 6.45) is 7.12. The molecule has 136 valence electrons. The Morgan fingerprint density at radius 1 is 1.00 bits per heavy atom. The quantitative estimate of drug-likeness (QED) is 0.862. The first kappa shape index (κ1) is 17.9. The molecule has 1 aliphatic heterocycles. The molecule has 0 bridgehead atoms. The number of nitrogens with zero attached hydrogens (tertiary/aromatic N) is 2. The van der Waals surface area contributed by atoms with Crippen molar-refractivity contribution in [3.8, 4) is 0 Å². The van der Waals surface area contributed by atoms with E-state index in [1.165, 1.54) is 31.2 Å². The van der Waals surface area contributed by atoms with Gasteiger partial charge in [0.2, 0.25) is 11.8 Å². The van der Waals surface area contributed by atoms with Crippen LogP contribution in [0, 0.1) is 5.92 Å². The molecule has 5 heteroatoms. The highest BCUT2D eigenvalue weighted by Crippen LogP contribution is 2.28. The zero-order chi connectivity index (χ0) is 17.6. The van der Waals surface area contributed by atoms with Crippen molar-refractivity contribution >= 4 is 11.8 Å². The number of primary amides is 1. The largest absolute Gasteiger partial charge is 0.366 e. The Morgan fingerprint density at radius 3 is 2.24 bits per heavy atom. The Hall–Kier alpha value is -1.88. The van der Waals surface area contributed by atoms with E-state index >= 15 is 0 Å². The summed E-state index contributed by atoms with van der Waals surface area (Å²) in [7, 11) is 0. The fourth-order valence-corrected chi connectivity index (χ4v) is 3.97. The van der Waals surface area contributed by atoms with Gasteiger partial charge in [-0.1, -0.05) is 37.8 Å². The van der Waals surface area contributed by atoms with Crippen LogP contribution in [0.3, 0.4) is 0 Å². The van der Waals surface area contributed by atoms with Gasteiger partial charge in [-0.25, -0.2) is 0 Å². The van der Waals surface area contributed by atoms with E-state index in [-0.39, 0.29) is 0 Å². The Labute approximate surface area is 150 Å². The summed E-state index contributed by atoms with van der Waals surface area (Å²) in [5.74, 6) is 0.724. The molecule has 0 aromatic heterocycles. The van der Waals surface area contributed by atoms with Gasteiger partial charge in [-0.15, -0.1) is 0 Å². The molecule has 1 aromatic rings. The second-order valence-corrected chi connectivity index (χ2v) is 7.41. The highest BCUT2D eigenvalue weighted by Gasteiger charge is 2.22. The van der Waals surface area contributed by atoms with E-state index in [9.17, 15) is 9.59 Å². The maximum atomic E-state index is 12.4. The van der Waals surface area contributed by atoms with Gasteiger partial charge in [0.1, 0.15) is 0 Å². The normalized spacial score (nSPS) is 19.3. The molecular weight excluding hydrogens is 314 g/mol. The van der Waals surface area contributed by atoms with E-state index in [4.69, 9.17) is 5.73 Å². The molecule has 0 unspecified atom stereocenters. The maximum Gasteiger partial charge on any atom is 0.248 e. The van der Waals surface area contributed by atoms with E-state index in [0.717, 1.165) is 51.5 Å². The summed E-state index contributed by atoms with van der Waals surface area (Å²) in [4.78, 5) is 27.9. The molecule has 1 saturated carbocycles. The minimum atomic E-state index is -0.392. The van der Waals surface area contributed by atoms with Gasteiger partial charge >= 0.3 is 0 Å². The van der Waals surface area contributed by atoms with E-state index in [1.54, 1.807) is 12.1 Å². The highest BCUT2D eigenvalue weighted by atomic mass is 16.2. The average Bonchev–Trinajstić information content (AvgIpc) is 3.14. The van der Waals surface area contributed by atoms with Crippen LogP contribution in [-0.4, -0.2) is 47.8 Å². The lowest BCUT2D eigenvalue weighted by Gasteiger charge is -2.35. The molecule has 0 atom stereocenters. The Morgan fingerprint density at radius 2 is 1.64 bits per heavy atom. The summed E-state index contributed by atoms with van der Waals surface area (Å²) in [5.41, 5.74) is 6.98. The van der Waals surface area contributed by atoms with Crippen molar-refractivity contribution in [2.24, 2.45) is 11.7 Å². The SMILES string of the molecule is NC(=O)c1ccc(CN2CCN(C(=O)CCC3CCCC3)CC2)cc1. The number of hydrogen-bond acceptors (Lipinski definition) is 3. The Kier molecular flexibility index (Phi) is 6.08. The van der Waals surface area contributed by atoms with Crippen LogP contribution in [0.4, 0.5) is 0 Å². The van der Waals surface area contributed by atoms with Crippen LogP contribution in [0.5, 0.6) is 0 Å². The third-order valence-electron chi connectivity index (χ3n) is 5.61. The zero-order valence-electron chi connectivity index (χ0n) is 15.0. The fraction of sp³-hybridized carbons (Fsp3) is 0.600. The average molecular weight is 343 g/mol. The summed E-state index contributed by atoms with van der Waals surface area (Å²) in [6, 6.07) is 7.47. The van der Waals surface area contributed by atoms with Crippen LogP contribution < -0.4 is 5.73 Å². The number of carbonyl (C=O) groups is 2. The second-order valence-electron chi connectivity index (χ2n) is 7.41. The molecule has 0 spiro atoms. The summed E-state index contributed by atoms with van der Waals surface area (Å²) in [5, 5.41) is 0. The molecule has 25 heavy (non-hydrogen) atoms. The van der Waals surface area contributed by atoms with Crippen molar-refractivity contribution in [3.63, 3.8) is 0 Å². The Bertz CT molecular complexity index is 585. The first-order chi connectivity index (χ1) is 12.1. The lowest BCUT2D eigenvalue weighted by Crippen LogP contribution is -2.48. The number of amides is 2. The predicted molar refractivity (Wildman–Crippen MR) is 98.0 cm³/mol. The topological polar surface area (TPSA) is 66.6 Å². The van der Waals surface area contributed by atoms with E-state index in [1.807, 2.05) is 17.0 Å². The smallest absolute Gasteiger partial charge is 0.248 e. The number of hydrogen-bond donors (Lipinski definition) is 1. The van der Waals surface area contributed by atoms with Crippen molar-refractivity contribution in [1.29, 1.82) is 0 Å². The predicted octanol–water partition coefficient (Wildman–Crippen LogP) is 2.40. The number of benzene rings is 1. The maximum absolute atomic E-state index is 12.4. The van der Waals surface area contributed by atoms with Gasteiger partial charge in [-0.2, -0.15) is 0 Å². The lowest BCUT2D eigenvalue weighted by molar-refractivity contribution is -0.133.